The Bertz CT molecular complexity index is 1200. The van der Waals surface area contributed by atoms with E-state index in [1.54, 1.807) is 25.5 Å². The summed E-state index contributed by atoms with van der Waals surface area (Å²) in [6.45, 7) is 0.109. The number of likely N-dealkylation sites (tertiary alicyclic amines) is 1. The summed E-state index contributed by atoms with van der Waals surface area (Å²) in [5, 5.41) is 0.491. The number of amides is 1. The van der Waals surface area contributed by atoms with Gasteiger partial charge in [-0.15, -0.1) is 0 Å². The van der Waals surface area contributed by atoms with Crippen LogP contribution in [-0.2, 0) is 10.3 Å². The van der Waals surface area contributed by atoms with Gasteiger partial charge in [-0.05, 0) is 62.0 Å². The number of aliphatic imine (C=N–C) groups is 1. The van der Waals surface area contributed by atoms with Crippen LogP contribution in [0.15, 0.2) is 41.7 Å². The molecule has 1 saturated heterocycles. The maximum atomic E-state index is 13.7. The number of rotatable bonds is 4. The van der Waals surface area contributed by atoms with Crippen LogP contribution < -0.4 is 10.5 Å². The molecule has 1 amide bonds. The molecule has 0 saturated carbocycles. The van der Waals surface area contributed by atoms with Crippen LogP contribution in [0.1, 0.15) is 24.8 Å². The largest absolute Gasteiger partial charge is 0.493 e. The minimum atomic E-state index is -4.21. The molecule has 0 aliphatic carbocycles. The van der Waals surface area contributed by atoms with Crippen LogP contribution >= 0.6 is 11.6 Å². The number of fused-ring (bicyclic) bond motifs is 2. The first kappa shape index (κ1) is 24.8. The second-order valence-corrected chi connectivity index (χ2v) is 10.2. The van der Waals surface area contributed by atoms with E-state index in [-0.39, 0.29) is 30.3 Å². The van der Waals surface area contributed by atoms with Crippen LogP contribution in [0.4, 0.5) is 13.2 Å². The number of ether oxygens (including phenoxy) is 1. The normalized spacial score (nSPS) is 25.1. The van der Waals surface area contributed by atoms with E-state index in [0.717, 1.165) is 11.1 Å². The third-order valence-corrected chi connectivity index (χ3v) is 7.66. The summed E-state index contributed by atoms with van der Waals surface area (Å²) in [7, 11) is 1.60. The van der Waals surface area contributed by atoms with Crippen molar-refractivity contribution in [1.29, 1.82) is 0 Å². The monoisotopic (exact) mass is 521 g/mol. The Morgan fingerprint density at radius 2 is 1.94 bits per heavy atom. The molecule has 1 fully saturated rings. The predicted octanol–water partition coefficient (Wildman–Crippen LogP) is 4.06. The maximum Gasteiger partial charge on any atom is 0.401 e. The molecule has 1 aromatic heterocycles. The number of nitrogens with zero attached hydrogens (tertiary/aromatic N) is 4. The molecule has 2 aromatic rings. The Kier molecular flexibility index (Phi) is 6.36. The lowest BCUT2D eigenvalue weighted by atomic mass is 9.71. The van der Waals surface area contributed by atoms with Crippen LogP contribution in [-0.4, -0.2) is 66.1 Å². The van der Waals surface area contributed by atoms with Crippen molar-refractivity contribution >= 4 is 23.5 Å². The number of aromatic nitrogens is 1. The Balaban J connectivity index is 1.46. The smallest absolute Gasteiger partial charge is 0.401 e. The average molecular weight is 522 g/mol. The molecule has 2 atom stereocenters. The van der Waals surface area contributed by atoms with Gasteiger partial charge in [-0.25, -0.2) is 4.99 Å². The van der Waals surface area contributed by atoms with Crippen molar-refractivity contribution in [2.45, 2.75) is 31.0 Å². The van der Waals surface area contributed by atoms with Crippen LogP contribution in [0, 0.1) is 11.8 Å². The molecule has 11 heteroatoms. The van der Waals surface area contributed by atoms with Gasteiger partial charge in [0.1, 0.15) is 5.75 Å². The van der Waals surface area contributed by atoms with Crippen LogP contribution in [0.2, 0.25) is 5.02 Å². The van der Waals surface area contributed by atoms with Crippen molar-refractivity contribution in [3.63, 3.8) is 0 Å². The molecule has 5 rings (SSSR count). The molecule has 1 spiro atoms. The molecular weight excluding hydrogens is 495 g/mol. The molecule has 3 aliphatic heterocycles. The minimum Gasteiger partial charge on any atom is -0.493 e. The first-order valence-corrected chi connectivity index (χ1v) is 12.3. The van der Waals surface area contributed by atoms with Crippen molar-refractivity contribution in [3.8, 4) is 16.9 Å². The van der Waals surface area contributed by atoms with Crippen molar-refractivity contribution < 1.29 is 22.7 Å². The van der Waals surface area contributed by atoms with Crippen molar-refractivity contribution in [2.75, 3.05) is 33.3 Å². The number of alkyl halides is 3. The lowest BCUT2D eigenvalue weighted by Crippen LogP contribution is -2.50. The average Bonchev–Trinajstić information content (AvgIpc) is 3.06. The number of nitrogens with two attached hydrogens (primary N) is 1. The van der Waals surface area contributed by atoms with Gasteiger partial charge in [0.2, 0.25) is 0 Å². The van der Waals surface area contributed by atoms with Crippen LogP contribution in [0.5, 0.6) is 5.75 Å². The molecule has 2 N–H and O–H groups in total. The fourth-order valence-electron chi connectivity index (χ4n) is 5.61. The molecule has 7 nitrogen and oxygen atoms in total. The van der Waals surface area contributed by atoms with Gasteiger partial charge in [0.25, 0.3) is 5.91 Å². The van der Waals surface area contributed by atoms with Gasteiger partial charge in [0, 0.05) is 36.5 Å². The highest BCUT2D eigenvalue weighted by atomic mass is 35.5. The molecule has 1 aromatic carbocycles. The number of carbonyl (C=O) groups excluding carboxylic acids is 1. The fraction of sp³-hybridized carbons (Fsp3) is 0.480. The van der Waals surface area contributed by atoms with E-state index in [2.05, 4.69) is 4.98 Å². The first-order valence-electron chi connectivity index (χ1n) is 11.9. The number of pyridine rings is 1. The molecule has 1 unspecified atom stereocenters. The topological polar surface area (TPSA) is 84.0 Å². The van der Waals surface area contributed by atoms with E-state index in [4.69, 9.17) is 27.1 Å². The number of piperidine rings is 1. The Hall–Kier alpha value is -2.85. The fourth-order valence-corrected chi connectivity index (χ4v) is 5.79. The molecule has 0 radical (unpaired) electrons. The number of hydrogen-bond donors (Lipinski definition) is 1. The summed E-state index contributed by atoms with van der Waals surface area (Å²) in [4.78, 5) is 25.4. The maximum absolute atomic E-state index is 13.7. The van der Waals surface area contributed by atoms with E-state index >= 15 is 0 Å². The van der Waals surface area contributed by atoms with Crippen LogP contribution in [0.3, 0.4) is 0 Å². The number of carbonyl (C=O) groups is 1. The van der Waals surface area contributed by atoms with Crippen LogP contribution in [0.25, 0.3) is 11.1 Å². The van der Waals surface area contributed by atoms with Crippen molar-refractivity contribution in [2.24, 2.45) is 22.6 Å². The van der Waals surface area contributed by atoms with Gasteiger partial charge < -0.3 is 10.5 Å². The number of guanidine groups is 1. The first-order chi connectivity index (χ1) is 17.1. The van der Waals surface area contributed by atoms with Gasteiger partial charge >= 0.3 is 6.18 Å². The zero-order valence-electron chi connectivity index (χ0n) is 19.8. The summed E-state index contributed by atoms with van der Waals surface area (Å²) < 4.78 is 44.5. The summed E-state index contributed by atoms with van der Waals surface area (Å²) in [5.74, 6) is 0.299. The summed E-state index contributed by atoms with van der Waals surface area (Å²) in [5.41, 5.74) is 7.12. The Labute approximate surface area is 212 Å². The van der Waals surface area contributed by atoms with E-state index in [9.17, 15) is 18.0 Å². The lowest BCUT2D eigenvalue weighted by Gasteiger charge is -2.41. The highest BCUT2D eigenvalue weighted by molar-refractivity contribution is 6.30. The predicted molar refractivity (Wildman–Crippen MR) is 130 cm³/mol. The standard InChI is InChI=1S/C25H27ClF3N5O2/c1-33-22(35)25(32-23(33)30)18(8-15-4-6-34(7-5-15)14-24(27,28)29)13-36-21-3-2-16(10-20(21)25)17-9-19(26)12-31-11-17/h2-3,9-12,15,18H,4-8,13-14H2,1H3,(H2,30,32)/t18-,25?/m0/s1. The van der Waals surface area contributed by atoms with Crippen molar-refractivity contribution in [3.05, 3.63) is 47.2 Å². The summed E-state index contributed by atoms with van der Waals surface area (Å²) in [6.07, 6.45) is 0.862. The highest BCUT2D eigenvalue weighted by Crippen LogP contribution is 2.50. The molecule has 0 bridgehead atoms. The second kappa shape index (κ2) is 9.23. The highest BCUT2D eigenvalue weighted by Gasteiger charge is 2.57. The number of halogens is 4. The van der Waals surface area contributed by atoms with E-state index in [1.807, 2.05) is 18.2 Å². The Morgan fingerprint density at radius 3 is 2.58 bits per heavy atom. The Morgan fingerprint density at radius 1 is 1.19 bits per heavy atom. The number of hydrogen-bond acceptors (Lipinski definition) is 6. The second-order valence-electron chi connectivity index (χ2n) is 9.78. The zero-order valence-corrected chi connectivity index (χ0v) is 20.5. The van der Waals surface area contributed by atoms with E-state index < -0.39 is 18.3 Å². The van der Waals surface area contributed by atoms with E-state index in [0.29, 0.717) is 48.7 Å². The van der Waals surface area contributed by atoms with E-state index in [1.165, 1.54) is 9.80 Å². The van der Waals surface area contributed by atoms with Gasteiger partial charge in [-0.3, -0.25) is 19.6 Å². The summed E-state index contributed by atoms with van der Waals surface area (Å²) in [6, 6.07) is 7.37. The van der Waals surface area contributed by atoms with Gasteiger partial charge in [-0.1, -0.05) is 17.7 Å². The van der Waals surface area contributed by atoms with Gasteiger partial charge in [-0.2, -0.15) is 13.2 Å². The number of likely N-dealkylation sites (N-methyl/N-ethyl adjacent to an activating group) is 1. The van der Waals surface area contributed by atoms with Gasteiger partial charge in [0.05, 0.1) is 18.2 Å². The summed E-state index contributed by atoms with van der Waals surface area (Å²) >= 11 is 6.15. The third-order valence-electron chi connectivity index (χ3n) is 7.45. The number of benzene rings is 1. The molecular formula is C25H27ClF3N5O2. The van der Waals surface area contributed by atoms with Gasteiger partial charge in [0.15, 0.2) is 11.5 Å². The third kappa shape index (κ3) is 4.52. The minimum absolute atomic E-state index is 0.132. The zero-order chi connectivity index (χ0) is 25.7. The molecule has 4 heterocycles. The van der Waals surface area contributed by atoms with Crippen molar-refractivity contribution in [1.82, 2.24) is 14.8 Å². The molecule has 3 aliphatic rings. The molecule has 36 heavy (non-hydrogen) atoms. The quantitative estimate of drug-likeness (QED) is 0.656. The molecule has 192 valence electrons. The lowest BCUT2D eigenvalue weighted by molar-refractivity contribution is -0.149. The SMILES string of the molecule is CN1C(=O)C2(N=C1N)c1cc(-c3cncc(Cl)c3)ccc1OC[C@@H]2CC1CCN(CC(F)(F)F)CC1.